The SMILES string of the molecule is COC(=O)C(Cc1c[nH]c2ccccc12)NP1(=S)OCCS1. The summed E-state index contributed by atoms with van der Waals surface area (Å²) in [6.45, 7) is 0.635. The number of benzene rings is 1. The lowest BCUT2D eigenvalue weighted by molar-refractivity contribution is -0.142. The predicted octanol–water partition coefficient (Wildman–Crippen LogP) is 2.83. The smallest absolute Gasteiger partial charge is 0.323 e. The molecule has 2 N–H and O–H groups in total. The Morgan fingerprint density at radius 1 is 1.59 bits per heavy atom. The van der Waals surface area contributed by atoms with E-state index in [0.717, 1.165) is 22.2 Å². The minimum Gasteiger partial charge on any atom is -0.468 e. The van der Waals surface area contributed by atoms with E-state index in [1.165, 1.54) is 7.11 Å². The van der Waals surface area contributed by atoms with Crippen LogP contribution in [0.1, 0.15) is 5.56 Å². The molecule has 3 rings (SSSR count). The zero-order valence-corrected chi connectivity index (χ0v) is 14.6. The molecule has 0 bridgehead atoms. The Balaban J connectivity index is 1.83. The number of rotatable bonds is 5. The van der Waals surface area contributed by atoms with Crippen molar-refractivity contribution < 1.29 is 14.1 Å². The number of aromatic amines is 1. The van der Waals surface area contributed by atoms with Gasteiger partial charge in [-0.3, -0.25) is 4.79 Å². The number of hydrogen-bond donors (Lipinski definition) is 2. The van der Waals surface area contributed by atoms with Crippen LogP contribution in [0, 0.1) is 0 Å². The number of carbonyl (C=O) groups is 1. The Hall–Kier alpha value is -0.850. The molecule has 0 radical (unpaired) electrons. The molecule has 1 saturated heterocycles. The van der Waals surface area contributed by atoms with Gasteiger partial charge in [-0.2, -0.15) is 0 Å². The van der Waals surface area contributed by atoms with Crippen LogP contribution in [0.5, 0.6) is 0 Å². The van der Waals surface area contributed by atoms with Gasteiger partial charge in [0.25, 0.3) is 0 Å². The van der Waals surface area contributed by atoms with Crippen LogP contribution in [0.3, 0.4) is 0 Å². The Labute approximate surface area is 138 Å². The van der Waals surface area contributed by atoms with Gasteiger partial charge in [0, 0.05) is 29.3 Å². The van der Waals surface area contributed by atoms with Gasteiger partial charge in [-0.1, -0.05) is 29.6 Å². The predicted molar refractivity (Wildman–Crippen MR) is 93.6 cm³/mol. The van der Waals surface area contributed by atoms with E-state index in [9.17, 15) is 4.79 Å². The summed E-state index contributed by atoms with van der Waals surface area (Å²) in [5, 5.41) is 4.33. The number of para-hydroxylation sites is 1. The second-order valence-corrected chi connectivity index (χ2v) is 11.7. The van der Waals surface area contributed by atoms with Crippen molar-refractivity contribution in [3.8, 4) is 0 Å². The largest absolute Gasteiger partial charge is 0.468 e. The van der Waals surface area contributed by atoms with E-state index >= 15 is 0 Å². The molecule has 1 fully saturated rings. The Kier molecular flexibility index (Phi) is 4.90. The number of methoxy groups -OCH3 is 1. The number of nitrogens with one attached hydrogen (secondary N) is 2. The van der Waals surface area contributed by atoms with Crippen molar-refractivity contribution in [1.29, 1.82) is 0 Å². The second kappa shape index (κ2) is 6.72. The Morgan fingerprint density at radius 2 is 2.41 bits per heavy atom. The van der Waals surface area contributed by atoms with Crippen LogP contribution >= 0.6 is 17.0 Å². The molecule has 1 aromatic heterocycles. The Bertz CT molecular complexity index is 724. The summed E-state index contributed by atoms with van der Waals surface area (Å²) in [5.41, 5.74) is -0.0720. The van der Waals surface area contributed by atoms with Crippen molar-refractivity contribution >= 4 is 45.7 Å². The highest BCUT2D eigenvalue weighted by Gasteiger charge is 2.31. The molecule has 0 aliphatic carbocycles. The number of hydrogen-bond acceptors (Lipinski definition) is 5. The van der Waals surface area contributed by atoms with Crippen molar-refractivity contribution in [2.75, 3.05) is 19.5 Å². The normalized spacial score (nSPS) is 22.8. The number of carbonyl (C=O) groups excluding carboxylic acids is 1. The summed E-state index contributed by atoms with van der Waals surface area (Å²) in [6, 6.07) is 7.51. The molecule has 1 aliphatic rings. The summed E-state index contributed by atoms with van der Waals surface area (Å²) >= 11 is 7.12. The van der Waals surface area contributed by atoms with Crippen LogP contribution in [0.25, 0.3) is 10.9 Å². The zero-order chi connectivity index (χ0) is 15.6. The van der Waals surface area contributed by atoms with E-state index in [4.69, 9.17) is 21.1 Å². The lowest BCUT2D eigenvalue weighted by atomic mass is 10.1. The molecular formula is C14H17N2O3PS2. The molecule has 22 heavy (non-hydrogen) atoms. The molecular weight excluding hydrogens is 339 g/mol. The lowest BCUT2D eigenvalue weighted by Crippen LogP contribution is -2.36. The average Bonchev–Trinajstić information content (AvgIpc) is 3.13. The molecule has 2 aromatic rings. The highest BCUT2D eigenvalue weighted by molar-refractivity contribution is 8.69. The average molecular weight is 356 g/mol. The van der Waals surface area contributed by atoms with Crippen LogP contribution < -0.4 is 5.09 Å². The summed E-state index contributed by atoms with van der Waals surface area (Å²) in [6.07, 6.45) is 2.44. The molecule has 0 spiro atoms. The third-order valence-corrected chi connectivity index (χ3v) is 9.13. The highest BCUT2D eigenvalue weighted by Crippen LogP contribution is 2.60. The topological polar surface area (TPSA) is 63.4 Å². The number of aromatic nitrogens is 1. The molecule has 2 atom stereocenters. The second-order valence-electron chi connectivity index (χ2n) is 4.93. The van der Waals surface area contributed by atoms with Gasteiger partial charge in [0.15, 0.2) is 5.62 Å². The maximum absolute atomic E-state index is 12.1. The number of fused-ring (bicyclic) bond motifs is 1. The van der Waals surface area contributed by atoms with Gasteiger partial charge in [0.1, 0.15) is 6.04 Å². The monoisotopic (exact) mass is 356 g/mol. The standard InChI is InChI=1S/C14H17N2O3PS2/c1-18-14(17)13(16-20(21)19-6-7-22-20)8-10-9-15-12-5-3-2-4-11(10)12/h2-5,9,13,15H,6-8H2,1H3,(H,16,21). The summed E-state index contributed by atoms with van der Waals surface area (Å²) in [7, 11) is 1.39. The van der Waals surface area contributed by atoms with Gasteiger partial charge >= 0.3 is 5.97 Å². The molecule has 1 aliphatic heterocycles. The van der Waals surface area contributed by atoms with Crippen molar-refractivity contribution in [2.45, 2.75) is 12.5 Å². The van der Waals surface area contributed by atoms with E-state index < -0.39 is 11.7 Å². The quantitative estimate of drug-likeness (QED) is 0.635. The minimum absolute atomic E-state index is 0.314. The van der Waals surface area contributed by atoms with Crippen LogP contribution in [0.4, 0.5) is 0 Å². The van der Waals surface area contributed by atoms with Gasteiger partial charge < -0.3 is 14.2 Å². The van der Waals surface area contributed by atoms with E-state index in [2.05, 4.69) is 10.1 Å². The first-order valence-corrected chi connectivity index (χ1v) is 11.2. The molecule has 2 heterocycles. The van der Waals surface area contributed by atoms with Crippen LogP contribution in [0.15, 0.2) is 30.5 Å². The van der Waals surface area contributed by atoms with Crippen molar-refractivity contribution in [1.82, 2.24) is 10.1 Å². The zero-order valence-electron chi connectivity index (χ0n) is 12.1. The number of ether oxygens (including phenoxy) is 1. The van der Waals surface area contributed by atoms with Crippen molar-refractivity contribution in [2.24, 2.45) is 0 Å². The van der Waals surface area contributed by atoms with Crippen LogP contribution in [-0.2, 0) is 32.3 Å². The van der Waals surface area contributed by atoms with E-state index in [0.29, 0.717) is 13.0 Å². The van der Waals surface area contributed by atoms with Gasteiger partial charge in [-0.05, 0) is 23.4 Å². The first-order chi connectivity index (χ1) is 10.6. The van der Waals surface area contributed by atoms with Crippen molar-refractivity contribution in [3.05, 3.63) is 36.0 Å². The molecule has 5 nitrogen and oxygen atoms in total. The lowest BCUT2D eigenvalue weighted by Gasteiger charge is -2.22. The third kappa shape index (κ3) is 3.39. The minimum atomic E-state index is -2.18. The summed E-state index contributed by atoms with van der Waals surface area (Å²) in [5.74, 6) is 0.552. The molecule has 8 heteroatoms. The van der Waals surface area contributed by atoms with Crippen molar-refractivity contribution in [3.63, 3.8) is 0 Å². The third-order valence-electron chi connectivity index (χ3n) is 3.50. The van der Waals surface area contributed by atoms with Gasteiger partial charge in [-0.25, -0.2) is 5.09 Å². The first-order valence-electron chi connectivity index (χ1n) is 6.91. The van der Waals surface area contributed by atoms with Gasteiger partial charge in [0.2, 0.25) is 0 Å². The molecule has 1 aromatic carbocycles. The van der Waals surface area contributed by atoms with E-state index in [1.807, 2.05) is 30.5 Å². The fourth-order valence-corrected chi connectivity index (χ4v) is 7.39. The molecule has 0 amide bonds. The summed E-state index contributed by atoms with van der Waals surface area (Å²) in [4.78, 5) is 15.3. The Morgan fingerprint density at radius 3 is 3.14 bits per heavy atom. The van der Waals surface area contributed by atoms with E-state index in [1.54, 1.807) is 11.4 Å². The number of H-pyrrole nitrogens is 1. The van der Waals surface area contributed by atoms with Crippen LogP contribution in [-0.4, -0.2) is 36.5 Å². The molecule has 118 valence electrons. The fourth-order valence-electron chi connectivity index (χ4n) is 2.46. The fraction of sp³-hybridized carbons (Fsp3) is 0.357. The van der Waals surface area contributed by atoms with Crippen LogP contribution in [0.2, 0.25) is 0 Å². The molecule has 0 saturated carbocycles. The number of esters is 1. The first kappa shape index (κ1) is 16.0. The maximum Gasteiger partial charge on any atom is 0.323 e. The highest BCUT2D eigenvalue weighted by atomic mass is 32.9. The van der Waals surface area contributed by atoms with Gasteiger partial charge in [0.05, 0.1) is 13.7 Å². The maximum atomic E-state index is 12.1. The molecule has 2 unspecified atom stereocenters. The van der Waals surface area contributed by atoms with E-state index in [-0.39, 0.29) is 5.97 Å². The van der Waals surface area contributed by atoms with Gasteiger partial charge in [-0.15, -0.1) is 0 Å². The summed E-state index contributed by atoms with van der Waals surface area (Å²) < 4.78 is 10.6.